The Morgan fingerprint density at radius 2 is 2.07 bits per heavy atom. The first-order chi connectivity index (χ1) is 13.0. The zero-order chi connectivity index (χ0) is 19.4. The van der Waals surface area contributed by atoms with Crippen molar-refractivity contribution in [3.63, 3.8) is 0 Å². The first kappa shape index (κ1) is 19.0. The van der Waals surface area contributed by atoms with Crippen molar-refractivity contribution in [1.82, 2.24) is 9.99 Å². The summed E-state index contributed by atoms with van der Waals surface area (Å²) in [5.41, 5.74) is 4.61. The number of carbonyl (C=O) groups is 1. The van der Waals surface area contributed by atoms with Gasteiger partial charge in [0.15, 0.2) is 0 Å². The van der Waals surface area contributed by atoms with E-state index in [1.54, 1.807) is 24.3 Å². The molecule has 1 aromatic heterocycles. The van der Waals surface area contributed by atoms with Gasteiger partial charge in [-0.25, -0.2) is 5.43 Å². The molecule has 0 saturated heterocycles. The minimum absolute atomic E-state index is 0.0304. The van der Waals surface area contributed by atoms with Gasteiger partial charge in [0.1, 0.15) is 0 Å². The Labute approximate surface area is 167 Å². The Balaban J connectivity index is 1.92. The fraction of sp³-hybridized carbons (Fsp3) is 0.111. The van der Waals surface area contributed by atoms with Gasteiger partial charge >= 0.3 is 0 Å². The Morgan fingerprint density at radius 1 is 1.30 bits per heavy atom. The zero-order valence-electron chi connectivity index (χ0n) is 14.3. The number of hydrogen-bond acceptors (Lipinski definition) is 5. The molecule has 0 aliphatic carbocycles. The molecule has 0 saturated carbocycles. The monoisotopic (exact) mass is 446 g/mol. The molecule has 1 N–H and O–H groups in total. The summed E-state index contributed by atoms with van der Waals surface area (Å²) < 4.78 is 2.70. The van der Waals surface area contributed by atoms with Crippen LogP contribution in [0.5, 0.6) is 0 Å². The molecule has 1 amide bonds. The van der Waals surface area contributed by atoms with Gasteiger partial charge in [-0.1, -0.05) is 34.1 Å². The predicted octanol–water partition coefficient (Wildman–Crippen LogP) is 4.15. The lowest BCUT2D eigenvalue weighted by Crippen LogP contribution is -2.24. The third-order valence-corrected chi connectivity index (χ3v) is 5.16. The van der Waals surface area contributed by atoms with E-state index in [9.17, 15) is 14.9 Å². The van der Waals surface area contributed by atoms with Crippen molar-refractivity contribution in [2.75, 3.05) is 0 Å². The van der Waals surface area contributed by atoms with Gasteiger partial charge < -0.3 is 4.57 Å². The molecule has 0 unspecified atom stereocenters. The van der Waals surface area contributed by atoms with Gasteiger partial charge in [0, 0.05) is 39.7 Å². The molecule has 0 spiro atoms. The molecule has 3 aromatic rings. The maximum absolute atomic E-state index is 12.3. The molecule has 1 heterocycles. The van der Waals surface area contributed by atoms with E-state index in [2.05, 4.69) is 26.5 Å². The van der Waals surface area contributed by atoms with Crippen molar-refractivity contribution in [3.05, 3.63) is 78.9 Å². The number of thiazole rings is 1. The number of non-ortho nitro benzene ring substituents is 1. The Morgan fingerprint density at radius 3 is 2.78 bits per heavy atom. The van der Waals surface area contributed by atoms with Crippen LogP contribution < -0.4 is 10.2 Å². The maximum atomic E-state index is 12.3. The van der Waals surface area contributed by atoms with Crippen LogP contribution in [-0.4, -0.2) is 15.4 Å². The number of hydrogen-bond donors (Lipinski definition) is 1. The van der Waals surface area contributed by atoms with E-state index in [1.165, 1.54) is 23.5 Å². The highest BCUT2D eigenvalue weighted by molar-refractivity contribution is 9.10. The average molecular weight is 447 g/mol. The normalized spacial score (nSPS) is 11.4. The highest BCUT2D eigenvalue weighted by Gasteiger charge is 2.12. The van der Waals surface area contributed by atoms with E-state index in [0.29, 0.717) is 16.9 Å². The van der Waals surface area contributed by atoms with E-state index in [-0.39, 0.29) is 11.6 Å². The van der Waals surface area contributed by atoms with Gasteiger partial charge in [0.05, 0.1) is 10.6 Å². The van der Waals surface area contributed by atoms with Crippen LogP contribution in [-0.2, 0) is 6.54 Å². The van der Waals surface area contributed by atoms with Gasteiger partial charge in [-0.05, 0) is 25.1 Å². The smallest absolute Gasteiger partial charge is 0.271 e. The summed E-state index contributed by atoms with van der Waals surface area (Å²) in [5.74, 6) is -0.316. The summed E-state index contributed by atoms with van der Waals surface area (Å²) in [7, 11) is 0. The van der Waals surface area contributed by atoms with Gasteiger partial charge in [0.25, 0.3) is 11.6 Å². The molecule has 0 bridgehead atoms. The number of aromatic nitrogens is 1. The van der Waals surface area contributed by atoms with Crippen molar-refractivity contribution in [1.29, 1.82) is 0 Å². The quantitative estimate of drug-likeness (QED) is 0.471. The molecule has 0 atom stereocenters. The maximum Gasteiger partial charge on any atom is 0.271 e. The topological polar surface area (TPSA) is 89.5 Å². The highest BCUT2D eigenvalue weighted by atomic mass is 79.9. The lowest BCUT2D eigenvalue weighted by molar-refractivity contribution is -0.384. The summed E-state index contributed by atoms with van der Waals surface area (Å²) >= 11 is 4.69. The molecule has 0 aliphatic rings. The molecule has 7 nitrogen and oxygen atoms in total. The standard InChI is InChI=1S/C18H15BrN4O3S/c1-2-22-16(12-5-4-8-15(10-12)23(25)26)11-27-18(22)21-20-17(24)13-6-3-7-14(19)9-13/h3-11H,2H2,1H3,(H,20,24). The molecular weight excluding hydrogens is 432 g/mol. The largest absolute Gasteiger partial charge is 0.315 e. The second-order valence-corrected chi connectivity index (χ2v) is 7.27. The molecule has 2 aromatic carbocycles. The Kier molecular flexibility index (Phi) is 5.82. The number of nitrogens with one attached hydrogen (secondary N) is 1. The number of benzene rings is 2. The van der Waals surface area contributed by atoms with E-state index >= 15 is 0 Å². The van der Waals surface area contributed by atoms with E-state index < -0.39 is 4.92 Å². The van der Waals surface area contributed by atoms with Gasteiger partial charge in [0.2, 0.25) is 4.80 Å². The zero-order valence-corrected chi connectivity index (χ0v) is 16.7. The summed E-state index contributed by atoms with van der Waals surface area (Å²) in [6.45, 7) is 2.55. The third kappa shape index (κ3) is 4.32. The molecule has 138 valence electrons. The lowest BCUT2D eigenvalue weighted by Gasteiger charge is -2.06. The lowest BCUT2D eigenvalue weighted by atomic mass is 10.1. The molecule has 0 fully saturated rings. The van der Waals surface area contributed by atoms with Crippen LogP contribution >= 0.6 is 27.3 Å². The van der Waals surface area contributed by atoms with E-state index in [4.69, 9.17) is 0 Å². The Bertz CT molecular complexity index is 1070. The first-order valence-corrected chi connectivity index (χ1v) is 9.69. The van der Waals surface area contributed by atoms with Crippen LogP contribution in [0, 0.1) is 10.1 Å². The SMILES string of the molecule is CCn1c(-c2cccc([N+](=O)[O-])c2)csc1=NNC(=O)c1cccc(Br)c1. The van der Waals surface area contributed by atoms with Crippen molar-refractivity contribution in [3.8, 4) is 11.3 Å². The highest BCUT2D eigenvalue weighted by Crippen LogP contribution is 2.24. The van der Waals surface area contributed by atoms with E-state index in [1.807, 2.05) is 29.0 Å². The molecule has 9 heteroatoms. The van der Waals surface area contributed by atoms with Crippen LogP contribution in [0.2, 0.25) is 0 Å². The molecule has 3 rings (SSSR count). The number of nitro benzene ring substituents is 1. The van der Waals surface area contributed by atoms with Crippen molar-refractivity contribution < 1.29 is 9.72 Å². The second kappa shape index (κ2) is 8.28. The van der Waals surface area contributed by atoms with Crippen LogP contribution in [0.4, 0.5) is 5.69 Å². The van der Waals surface area contributed by atoms with Gasteiger partial charge in [-0.3, -0.25) is 14.9 Å². The predicted molar refractivity (Wildman–Crippen MR) is 107 cm³/mol. The Hall–Kier alpha value is -2.78. The van der Waals surface area contributed by atoms with Crippen molar-refractivity contribution in [2.24, 2.45) is 5.10 Å². The summed E-state index contributed by atoms with van der Waals surface area (Å²) in [5, 5.41) is 17.1. The summed E-state index contributed by atoms with van der Waals surface area (Å²) in [4.78, 5) is 23.5. The number of rotatable bonds is 5. The minimum atomic E-state index is -0.421. The molecular formula is C18H15BrN4O3S. The van der Waals surface area contributed by atoms with Gasteiger partial charge in [-0.2, -0.15) is 0 Å². The van der Waals surface area contributed by atoms with Crippen molar-refractivity contribution >= 4 is 38.9 Å². The van der Waals surface area contributed by atoms with Gasteiger partial charge in [-0.15, -0.1) is 16.4 Å². The van der Waals surface area contributed by atoms with Crippen molar-refractivity contribution in [2.45, 2.75) is 13.5 Å². The van der Waals surface area contributed by atoms with E-state index in [0.717, 1.165) is 15.7 Å². The molecule has 0 radical (unpaired) electrons. The summed E-state index contributed by atoms with van der Waals surface area (Å²) in [6, 6.07) is 13.5. The summed E-state index contributed by atoms with van der Waals surface area (Å²) in [6.07, 6.45) is 0. The number of carbonyl (C=O) groups excluding carboxylic acids is 1. The second-order valence-electron chi connectivity index (χ2n) is 5.52. The van der Waals surface area contributed by atoms with Crippen LogP contribution in [0.15, 0.2) is 63.5 Å². The van der Waals surface area contributed by atoms with Crippen LogP contribution in [0.25, 0.3) is 11.3 Å². The average Bonchev–Trinajstić information content (AvgIpc) is 3.09. The first-order valence-electron chi connectivity index (χ1n) is 8.02. The van der Waals surface area contributed by atoms with Crippen LogP contribution in [0.3, 0.4) is 0 Å². The molecule has 27 heavy (non-hydrogen) atoms. The van der Waals surface area contributed by atoms with Crippen LogP contribution in [0.1, 0.15) is 17.3 Å². The number of halogens is 1. The fourth-order valence-electron chi connectivity index (χ4n) is 2.53. The number of amides is 1. The third-order valence-electron chi connectivity index (χ3n) is 3.81. The number of nitro groups is 1. The fourth-order valence-corrected chi connectivity index (χ4v) is 3.86. The minimum Gasteiger partial charge on any atom is -0.315 e. The number of nitrogens with zero attached hydrogens (tertiary/aromatic N) is 3. The molecule has 0 aliphatic heterocycles.